The minimum Gasteiger partial charge on any atom is -0.380 e. The van der Waals surface area contributed by atoms with Gasteiger partial charge in [-0.25, -0.2) is 0 Å². The van der Waals surface area contributed by atoms with E-state index in [0.29, 0.717) is 6.04 Å². The lowest BCUT2D eigenvalue weighted by atomic mass is 10.1. The summed E-state index contributed by atoms with van der Waals surface area (Å²) in [5.74, 6) is 0. The lowest BCUT2D eigenvalue weighted by molar-refractivity contribution is 0.0666. The maximum absolute atomic E-state index is 5.43. The largest absolute Gasteiger partial charge is 0.380 e. The number of ether oxygens (including phenoxy) is 1. The normalized spacial score (nSPS) is 32.5. The van der Waals surface area contributed by atoms with Crippen molar-refractivity contribution in [2.45, 2.75) is 50.6 Å². The van der Waals surface area contributed by atoms with E-state index in [2.05, 4.69) is 5.32 Å². The molecule has 0 bridgehead atoms. The summed E-state index contributed by atoms with van der Waals surface area (Å²) >= 11 is 0. The topological polar surface area (TPSA) is 21.3 Å². The summed E-state index contributed by atoms with van der Waals surface area (Å²) in [6.07, 6.45) is 8.17. The Morgan fingerprint density at radius 3 is 2.33 bits per heavy atom. The molecule has 1 atom stereocenters. The first-order valence-corrected chi connectivity index (χ1v) is 5.29. The van der Waals surface area contributed by atoms with Crippen molar-refractivity contribution < 1.29 is 4.74 Å². The number of hydrogen-bond donors (Lipinski definition) is 1. The second-order valence-electron chi connectivity index (χ2n) is 4.06. The Kier molecular flexibility index (Phi) is 3.01. The highest BCUT2D eigenvalue weighted by atomic mass is 16.5. The van der Waals surface area contributed by atoms with Gasteiger partial charge >= 0.3 is 0 Å². The second-order valence-corrected chi connectivity index (χ2v) is 4.06. The third-order valence-corrected chi connectivity index (χ3v) is 2.99. The molecule has 1 saturated heterocycles. The lowest BCUT2D eigenvalue weighted by Gasteiger charge is -2.26. The number of hydrogen-bond acceptors (Lipinski definition) is 2. The van der Waals surface area contributed by atoms with E-state index in [4.69, 9.17) is 4.74 Å². The second kappa shape index (κ2) is 4.24. The van der Waals surface area contributed by atoms with Crippen molar-refractivity contribution in [3.05, 3.63) is 0 Å². The molecule has 0 amide bonds. The minimum atomic E-state index is 0.654. The van der Waals surface area contributed by atoms with E-state index < -0.39 is 0 Å². The molecule has 1 N–H and O–H groups in total. The van der Waals surface area contributed by atoms with E-state index >= 15 is 0 Å². The third-order valence-electron chi connectivity index (χ3n) is 2.99. The predicted octanol–water partition coefficient (Wildman–Crippen LogP) is 1.70. The highest BCUT2D eigenvalue weighted by molar-refractivity contribution is 4.79. The van der Waals surface area contributed by atoms with Gasteiger partial charge in [0.2, 0.25) is 0 Å². The highest BCUT2D eigenvalue weighted by Gasteiger charge is 2.20. The summed E-state index contributed by atoms with van der Waals surface area (Å²) in [6, 6.07) is 1.46. The minimum absolute atomic E-state index is 0.654. The molecule has 0 aromatic heterocycles. The van der Waals surface area contributed by atoms with E-state index in [-0.39, 0.29) is 0 Å². The number of rotatable bonds is 2. The van der Waals surface area contributed by atoms with Gasteiger partial charge < -0.3 is 10.1 Å². The molecule has 70 valence electrons. The van der Waals surface area contributed by atoms with Crippen molar-refractivity contribution in [1.82, 2.24) is 5.32 Å². The van der Waals surface area contributed by atoms with Crippen LogP contribution in [0.25, 0.3) is 0 Å². The molecule has 1 heterocycles. The van der Waals surface area contributed by atoms with Crippen molar-refractivity contribution in [3.63, 3.8) is 0 Å². The Morgan fingerprint density at radius 2 is 1.67 bits per heavy atom. The Morgan fingerprint density at radius 1 is 0.917 bits per heavy atom. The van der Waals surface area contributed by atoms with Gasteiger partial charge in [-0.2, -0.15) is 0 Å². The van der Waals surface area contributed by atoms with Gasteiger partial charge in [0.1, 0.15) is 0 Å². The Labute approximate surface area is 74.7 Å². The molecule has 2 rings (SSSR count). The van der Waals surface area contributed by atoms with Crippen LogP contribution in [0.3, 0.4) is 0 Å². The fraction of sp³-hybridized carbons (Fsp3) is 1.00. The molecule has 1 saturated carbocycles. The summed E-state index contributed by atoms with van der Waals surface area (Å²) in [4.78, 5) is 0. The first-order valence-electron chi connectivity index (χ1n) is 5.29. The zero-order valence-electron chi connectivity index (χ0n) is 7.72. The molecule has 0 radical (unpaired) electrons. The Balaban J connectivity index is 1.69. The molecule has 1 aliphatic heterocycles. The van der Waals surface area contributed by atoms with Gasteiger partial charge in [-0.3, -0.25) is 0 Å². The van der Waals surface area contributed by atoms with E-state index in [1.165, 1.54) is 38.5 Å². The van der Waals surface area contributed by atoms with Crippen LogP contribution in [0.4, 0.5) is 0 Å². The van der Waals surface area contributed by atoms with Gasteiger partial charge in [-0.15, -0.1) is 0 Å². The van der Waals surface area contributed by atoms with Crippen LogP contribution in [0.1, 0.15) is 38.5 Å². The summed E-state index contributed by atoms with van der Waals surface area (Å²) in [5, 5.41) is 3.69. The van der Waals surface area contributed by atoms with Crippen molar-refractivity contribution in [2.24, 2.45) is 0 Å². The van der Waals surface area contributed by atoms with Gasteiger partial charge in [0.05, 0.1) is 6.61 Å². The van der Waals surface area contributed by atoms with E-state index in [9.17, 15) is 0 Å². The zero-order chi connectivity index (χ0) is 8.23. The SMILES string of the molecule is C1CCC(N[C@H]2CCCOC2)C1. The maximum atomic E-state index is 5.43. The zero-order valence-corrected chi connectivity index (χ0v) is 7.72. The van der Waals surface area contributed by atoms with Crippen molar-refractivity contribution in [2.75, 3.05) is 13.2 Å². The third kappa shape index (κ3) is 2.20. The summed E-state index contributed by atoms with van der Waals surface area (Å²) in [5.41, 5.74) is 0. The van der Waals surface area contributed by atoms with Crippen LogP contribution in [0.15, 0.2) is 0 Å². The van der Waals surface area contributed by atoms with Gasteiger partial charge in [0, 0.05) is 18.7 Å². The summed E-state index contributed by atoms with van der Waals surface area (Å²) < 4.78 is 5.43. The molecule has 0 spiro atoms. The van der Waals surface area contributed by atoms with E-state index in [1.54, 1.807) is 0 Å². The number of nitrogens with one attached hydrogen (secondary N) is 1. The van der Waals surface area contributed by atoms with Crippen molar-refractivity contribution in [1.29, 1.82) is 0 Å². The lowest BCUT2D eigenvalue weighted by Crippen LogP contribution is -2.41. The monoisotopic (exact) mass is 169 g/mol. The average molecular weight is 169 g/mol. The molecular weight excluding hydrogens is 150 g/mol. The fourth-order valence-corrected chi connectivity index (χ4v) is 2.30. The standard InChI is InChI=1S/C10H19NO/c1-2-5-9(4-1)11-10-6-3-7-12-8-10/h9-11H,1-8H2/t10-/m0/s1. The molecule has 2 aliphatic rings. The van der Waals surface area contributed by atoms with Crippen LogP contribution in [-0.4, -0.2) is 25.3 Å². The average Bonchev–Trinajstić information content (AvgIpc) is 2.59. The quantitative estimate of drug-likeness (QED) is 0.679. The van der Waals surface area contributed by atoms with Crippen LogP contribution < -0.4 is 5.32 Å². The van der Waals surface area contributed by atoms with Crippen molar-refractivity contribution in [3.8, 4) is 0 Å². The van der Waals surface area contributed by atoms with Gasteiger partial charge in [0.15, 0.2) is 0 Å². The summed E-state index contributed by atoms with van der Waals surface area (Å²) in [6.45, 7) is 1.92. The molecule has 0 aromatic rings. The smallest absolute Gasteiger partial charge is 0.0619 e. The summed E-state index contributed by atoms with van der Waals surface area (Å²) in [7, 11) is 0. The first-order chi connectivity index (χ1) is 5.95. The Hall–Kier alpha value is -0.0800. The van der Waals surface area contributed by atoms with Gasteiger partial charge in [0.25, 0.3) is 0 Å². The predicted molar refractivity (Wildman–Crippen MR) is 49.2 cm³/mol. The van der Waals surface area contributed by atoms with Crippen LogP contribution in [0.5, 0.6) is 0 Å². The van der Waals surface area contributed by atoms with Crippen LogP contribution in [0, 0.1) is 0 Å². The van der Waals surface area contributed by atoms with Crippen LogP contribution >= 0.6 is 0 Å². The van der Waals surface area contributed by atoms with Gasteiger partial charge in [-0.1, -0.05) is 12.8 Å². The molecule has 2 heteroatoms. The first kappa shape index (κ1) is 8.52. The highest BCUT2D eigenvalue weighted by Crippen LogP contribution is 2.19. The molecule has 1 aliphatic carbocycles. The Bertz CT molecular complexity index is 126. The molecule has 2 nitrogen and oxygen atoms in total. The molecule has 2 fully saturated rings. The van der Waals surface area contributed by atoms with Crippen LogP contribution in [-0.2, 0) is 4.74 Å². The van der Waals surface area contributed by atoms with E-state index in [1.807, 2.05) is 0 Å². The molecule has 0 unspecified atom stereocenters. The molecule has 12 heavy (non-hydrogen) atoms. The van der Waals surface area contributed by atoms with Crippen LogP contribution in [0.2, 0.25) is 0 Å². The fourth-order valence-electron chi connectivity index (χ4n) is 2.30. The van der Waals surface area contributed by atoms with E-state index in [0.717, 1.165) is 19.3 Å². The maximum Gasteiger partial charge on any atom is 0.0619 e. The van der Waals surface area contributed by atoms with Gasteiger partial charge in [-0.05, 0) is 25.7 Å². The molecule has 0 aromatic carbocycles. The van der Waals surface area contributed by atoms with Crippen molar-refractivity contribution >= 4 is 0 Å². The molecular formula is C10H19NO.